The number of para-hydroxylation sites is 1. The van der Waals surface area contributed by atoms with Crippen LogP contribution in [0.1, 0.15) is 37.1 Å². The number of hydrogen-bond acceptors (Lipinski definition) is 5. The van der Waals surface area contributed by atoms with Crippen LogP contribution >= 0.6 is 0 Å². The average molecular weight is 387 g/mol. The molecule has 1 aliphatic heterocycles. The second kappa shape index (κ2) is 10.7. The molecule has 1 fully saturated rings. The number of aromatic nitrogens is 3. The molecule has 0 amide bonds. The smallest absolute Gasteiger partial charge is 0.193 e. The van der Waals surface area contributed by atoms with Crippen LogP contribution in [0.25, 0.3) is 0 Å². The third kappa shape index (κ3) is 5.45. The molecule has 8 heteroatoms. The lowest BCUT2D eigenvalue weighted by molar-refractivity contribution is 0.126. The van der Waals surface area contributed by atoms with Crippen LogP contribution in [0.2, 0.25) is 0 Å². The van der Waals surface area contributed by atoms with Crippen LogP contribution in [0.3, 0.4) is 0 Å². The van der Waals surface area contributed by atoms with Crippen LogP contribution in [0, 0.1) is 0 Å². The summed E-state index contributed by atoms with van der Waals surface area (Å²) < 4.78 is 11.1. The standard InChI is InChI=1S/C20H30N6O2/c1-3-21-20(26-11-8-16(9-12-26)19-23-15-24-25-19)22-10-13-28-14-17-6-4-5-7-18(17)27-2/h4-7,15-16H,3,8-14H2,1-2H3,(H,21,22)(H,23,24,25). The van der Waals surface area contributed by atoms with E-state index in [1.807, 2.05) is 24.3 Å². The van der Waals surface area contributed by atoms with Gasteiger partial charge in [0.15, 0.2) is 5.96 Å². The second-order valence-electron chi connectivity index (χ2n) is 6.73. The third-order valence-corrected chi connectivity index (χ3v) is 4.90. The van der Waals surface area contributed by atoms with E-state index in [0.29, 0.717) is 25.7 Å². The van der Waals surface area contributed by atoms with Crippen LogP contribution in [0.4, 0.5) is 0 Å². The maximum absolute atomic E-state index is 5.79. The fourth-order valence-electron chi connectivity index (χ4n) is 3.42. The number of methoxy groups -OCH3 is 1. The number of piperidine rings is 1. The average Bonchev–Trinajstić information content (AvgIpc) is 3.28. The SMILES string of the molecule is CCNC(=NCCOCc1ccccc1OC)N1CCC(c2ncn[nH]2)CC1. The van der Waals surface area contributed by atoms with Crippen LogP contribution < -0.4 is 10.1 Å². The van der Waals surface area contributed by atoms with Crippen molar-refractivity contribution >= 4 is 5.96 Å². The highest BCUT2D eigenvalue weighted by molar-refractivity contribution is 5.80. The number of nitrogens with zero attached hydrogens (tertiary/aromatic N) is 4. The van der Waals surface area contributed by atoms with Crippen molar-refractivity contribution in [2.45, 2.75) is 32.3 Å². The molecular formula is C20H30N6O2. The molecule has 1 aliphatic rings. The van der Waals surface area contributed by atoms with Gasteiger partial charge in [-0.1, -0.05) is 18.2 Å². The van der Waals surface area contributed by atoms with Crippen LogP contribution in [-0.4, -0.2) is 65.9 Å². The molecule has 0 atom stereocenters. The Morgan fingerprint density at radius 2 is 2.14 bits per heavy atom. The number of benzene rings is 1. The quantitative estimate of drug-likeness (QED) is 0.411. The summed E-state index contributed by atoms with van der Waals surface area (Å²) in [5.74, 6) is 3.26. The highest BCUT2D eigenvalue weighted by Gasteiger charge is 2.24. The van der Waals surface area contributed by atoms with Crippen molar-refractivity contribution in [1.29, 1.82) is 0 Å². The second-order valence-corrected chi connectivity index (χ2v) is 6.73. The lowest BCUT2D eigenvalue weighted by Crippen LogP contribution is -2.45. The summed E-state index contributed by atoms with van der Waals surface area (Å²) in [6.07, 6.45) is 3.67. The predicted octanol–water partition coefficient (Wildman–Crippen LogP) is 2.17. The summed E-state index contributed by atoms with van der Waals surface area (Å²) in [5, 5.41) is 10.4. The summed E-state index contributed by atoms with van der Waals surface area (Å²) in [4.78, 5) is 11.4. The van der Waals surface area contributed by atoms with Gasteiger partial charge in [0.2, 0.25) is 0 Å². The monoisotopic (exact) mass is 386 g/mol. The van der Waals surface area contributed by atoms with E-state index in [0.717, 1.165) is 55.6 Å². The number of aromatic amines is 1. The number of hydrogen-bond donors (Lipinski definition) is 2. The van der Waals surface area contributed by atoms with Crippen molar-refractivity contribution in [1.82, 2.24) is 25.4 Å². The minimum Gasteiger partial charge on any atom is -0.496 e. The largest absolute Gasteiger partial charge is 0.496 e. The van der Waals surface area contributed by atoms with Gasteiger partial charge < -0.3 is 19.7 Å². The number of ether oxygens (including phenoxy) is 2. The maximum atomic E-state index is 5.79. The highest BCUT2D eigenvalue weighted by atomic mass is 16.5. The zero-order valence-corrected chi connectivity index (χ0v) is 16.7. The summed E-state index contributed by atoms with van der Waals surface area (Å²) in [6, 6.07) is 7.92. The molecule has 0 bridgehead atoms. The van der Waals surface area contributed by atoms with Crippen LogP contribution in [0.5, 0.6) is 5.75 Å². The molecule has 2 N–H and O–H groups in total. The Morgan fingerprint density at radius 1 is 1.32 bits per heavy atom. The molecule has 3 rings (SSSR count). The molecule has 0 saturated carbocycles. The van der Waals surface area contributed by atoms with Gasteiger partial charge in [-0.2, -0.15) is 5.10 Å². The summed E-state index contributed by atoms with van der Waals surface area (Å²) in [6.45, 7) is 6.58. The number of rotatable bonds is 8. The predicted molar refractivity (Wildman–Crippen MR) is 109 cm³/mol. The third-order valence-electron chi connectivity index (χ3n) is 4.90. The van der Waals surface area contributed by atoms with Crippen molar-refractivity contribution in [3.05, 3.63) is 42.0 Å². The van der Waals surface area contributed by atoms with Gasteiger partial charge in [0.1, 0.15) is 17.9 Å². The van der Waals surface area contributed by atoms with Gasteiger partial charge in [-0.3, -0.25) is 10.1 Å². The molecule has 28 heavy (non-hydrogen) atoms. The lowest BCUT2D eigenvalue weighted by atomic mass is 9.96. The van der Waals surface area contributed by atoms with Gasteiger partial charge in [-0.05, 0) is 25.8 Å². The number of aliphatic imine (C=N–C) groups is 1. The van der Waals surface area contributed by atoms with Gasteiger partial charge in [0.05, 0.1) is 26.9 Å². The molecule has 0 radical (unpaired) electrons. The molecule has 1 saturated heterocycles. The molecule has 8 nitrogen and oxygen atoms in total. The Balaban J connectivity index is 1.45. The topological polar surface area (TPSA) is 87.7 Å². The Bertz CT molecular complexity index is 726. The number of likely N-dealkylation sites (tertiary alicyclic amines) is 1. The van der Waals surface area contributed by atoms with E-state index in [2.05, 4.69) is 32.3 Å². The maximum Gasteiger partial charge on any atom is 0.193 e. The molecule has 0 spiro atoms. The normalized spacial score (nSPS) is 15.6. The van der Waals surface area contributed by atoms with Gasteiger partial charge in [-0.15, -0.1) is 0 Å². The molecule has 2 aromatic rings. The van der Waals surface area contributed by atoms with Crippen LogP contribution in [-0.2, 0) is 11.3 Å². The first-order valence-electron chi connectivity index (χ1n) is 9.90. The molecule has 2 heterocycles. The Morgan fingerprint density at radius 3 is 2.86 bits per heavy atom. The van der Waals surface area contributed by atoms with E-state index in [4.69, 9.17) is 14.5 Å². The molecular weight excluding hydrogens is 356 g/mol. The molecule has 0 unspecified atom stereocenters. The first-order valence-corrected chi connectivity index (χ1v) is 9.90. The van der Waals surface area contributed by atoms with Crippen molar-refractivity contribution in [3.8, 4) is 5.75 Å². The summed E-state index contributed by atoms with van der Waals surface area (Å²) in [7, 11) is 1.68. The van der Waals surface area contributed by atoms with Crippen molar-refractivity contribution in [2.75, 3.05) is 39.9 Å². The highest BCUT2D eigenvalue weighted by Crippen LogP contribution is 2.25. The number of nitrogens with one attached hydrogen (secondary N) is 2. The fourth-order valence-corrected chi connectivity index (χ4v) is 3.42. The molecule has 1 aromatic carbocycles. The van der Waals surface area contributed by atoms with Gasteiger partial charge in [0, 0.05) is 31.1 Å². The lowest BCUT2D eigenvalue weighted by Gasteiger charge is -2.33. The Labute approximate surface area is 166 Å². The van der Waals surface area contributed by atoms with Crippen LogP contribution in [0.15, 0.2) is 35.6 Å². The number of guanidine groups is 1. The van der Waals surface area contributed by atoms with Gasteiger partial charge >= 0.3 is 0 Å². The van der Waals surface area contributed by atoms with Crippen molar-refractivity contribution in [2.24, 2.45) is 4.99 Å². The first-order chi connectivity index (χ1) is 13.8. The van der Waals surface area contributed by atoms with E-state index in [-0.39, 0.29) is 0 Å². The van der Waals surface area contributed by atoms with E-state index >= 15 is 0 Å². The van der Waals surface area contributed by atoms with Gasteiger partial charge in [0.25, 0.3) is 0 Å². The minimum absolute atomic E-state index is 0.450. The minimum atomic E-state index is 0.450. The fraction of sp³-hybridized carbons (Fsp3) is 0.550. The number of H-pyrrole nitrogens is 1. The molecule has 1 aromatic heterocycles. The molecule has 152 valence electrons. The van der Waals surface area contributed by atoms with Crippen molar-refractivity contribution < 1.29 is 9.47 Å². The zero-order chi connectivity index (χ0) is 19.6. The van der Waals surface area contributed by atoms with E-state index in [9.17, 15) is 0 Å². The summed E-state index contributed by atoms with van der Waals surface area (Å²) >= 11 is 0. The van der Waals surface area contributed by atoms with E-state index in [1.54, 1.807) is 13.4 Å². The Hall–Kier alpha value is -2.61. The van der Waals surface area contributed by atoms with E-state index in [1.165, 1.54) is 0 Å². The first kappa shape index (κ1) is 20.1. The molecule has 0 aliphatic carbocycles. The van der Waals surface area contributed by atoms with Gasteiger partial charge in [-0.25, -0.2) is 4.98 Å². The zero-order valence-electron chi connectivity index (χ0n) is 16.7. The summed E-state index contributed by atoms with van der Waals surface area (Å²) in [5.41, 5.74) is 1.05. The van der Waals surface area contributed by atoms with Crippen molar-refractivity contribution in [3.63, 3.8) is 0 Å². The van der Waals surface area contributed by atoms with E-state index < -0.39 is 0 Å². The Kier molecular flexibility index (Phi) is 7.66.